The first-order chi connectivity index (χ1) is 10.0. The molecule has 5 heteroatoms. The third kappa shape index (κ3) is 3.00. The third-order valence-corrected chi connectivity index (χ3v) is 3.45. The lowest BCUT2D eigenvalue weighted by Gasteiger charge is -2.03. The molecular formula is C16H16N4O. The molecule has 0 radical (unpaired) electrons. The number of hydrogen-bond acceptors (Lipinski definition) is 3. The first-order valence-electron chi connectivity index (χ1n) is 6.50. The summed E-state index contributed by atoms with van der Waals surface area (Å²) < 4.78 is 1.78. The standard InChI is InChI=1S/C16H16N4O/c1-11-6-4-5-7-15(11)16(21)19-18-10-13-8-14(9-17)20(3)12(13)2/h4-8,10H,1-3H3,(H,19,21)/b18-10-. The fraction of sp³-hybridized carbons (Fsp3) is 0.188. The lowest BCUT2D eigenvalue weighted by molar-refractivity contribution is 0.0954. The van der Waals surface area contributed by atoms with Crippen molar-refractivity contribution >= 4 is 12.1 Å². The van der Waals surface area contributed by atoms with Gasteiger partial charge in [0.05, 0.1) is 6.21 Å². The van der Waals surface area contributed by atoms with E-state index in [2.05, 4.69) is 16.6 Å². The molecule has 0 unspecified atom stereocenters. The Morgan fingerprint density at radius 1 is 1.38 bits per heavy atom. The molecule has 0 aliphatic rings. The average Bonchev–Trinajstić information content (AvgIpc) is 2.75. The average molecular weight is 280 g/mol. The van der Waals surface area contributed by atoms with E-state index in [1.165, 1.54) is 0 Å². The Morgan fingerprint density at radius 3 is 2.71 bits per heavy atom. The van der Waals surface area contributed by atoms with Crippen molar-refractivity contribution in [3.8, 4) is 6.07 Å². The zero-order valence-corrected chi connectivity index (χ0v) is 12.2. The zero-order chi connectivity index (χ0) is 15.4. The molecule has 2 aromatic rings. The van der Waals surface area contributed by atoms with Crippen molar-refractivity contribution in [1.29, 1.82) is 5.26 Å². The smallest absolute Gasteiger partial charge is 0.271 e. The number of nitrogens with zero attached hydrogens (tertiary/aromatic N) is 3. The summed E-state index contributed by atoms with van der Waals surface area (Å²) in [5.74, 6) is -0.251. The monoisotopic (exact) mass is 280 g/mol. The Kier molecular flexibility index (Phi) is 4.19. The minimum absolute atomic E-state index is 0.251. The second kappa shape index (κ2) is 6.06. The lowest BCUT2D eigenvalue weighted by Crippen LogP contribution is -2.18. The Balaban J connectivity index is 2.12. The van der Waals surface area contributed by atoms with Gasteiger partial charge >= 0.3 is 0 Å². The number of amides is 1. The highest BCUT2D eigenvalue weighted by atomic mass is 16.2. The van der Waals surface area contributed by atoms with Crippen molar-refractivity contribution in [1.82, 2.24) is 9.99 Å². The minimum atomic E-state index is -0.251. The van der Waals surface area contributed by atoms with E-state index in [9.17, 15) is 4.79 Å². The molecule has 5 nitrogen and oxygen atoms in total. The molecule has 0 spiro atoms. The van der Waals surface area contributed by atoms with Crippen LogP contribution in [0.25, 0.3) is 0 Å². The van der Waals surface area contributed by atoms with Gasteiger partial charge in [-0.3, -0.25) is 4.79 Å². The number of hydrogen-bond donors (Lipinski definition) is 1. The summed E-state index contributed by atoms with van der Waals surface area (Å²) in [5.41, 5.74) is 6.27. The van der Waals surface area contributed by atoms with Gasteiger partial charge in [0.2, 0.25) is 0 Å². The zero-order valence-electron chi connectivity index (χ0n) is 12.2. The molecule has 0 saturated heterocycles. The predicted octanol–water partition coefficient (Wildman–Crippen LogP) is 2.28. The molecule has 106 valence electrons. The summed E-state index contributed by atoms with van der Waals surface area (Å²) >= 11 is 0. The van der Waals surface area contributed by atoms with Crippen LogP contribution in [0.4, 0.5) is 0 Å². The second-order valence-corrected chi connectivity index (χ2v) is 4.76. The summed E-state index contributed by atoms with van der Waals surface area (Å²) in [5, 5.41) is 12.9. The minimum Gasteiger partial charge on any atom is -0.339 e. The van der Waals surface area contributed by atoms with Crippen LogP contribution in [-0.4, -0.2) is 16.7 Å². The van der Waals surface area contributed by atoms with Crippen LogP contribution in [-0.2, 0) is 7.05 Å². The molecular weight excluding hydrogens is 264 g/mol. The van der Waals surface area contributed by atoms with Gasteiger partial charge in [0, 0.05) is 23.9 Å². The Bertz CT molecular complexity index is 750. The summed E-state index contributed by atoms with van der Waals surface area (Å²) in [4.78, 5) is 12.0. The van der Waals surface area contributed by atoms with Gasteiger partial charge in [-0.2, -0.15) is 10.4 Å². The molecule has 1 N–H and O–H groups in total. The van der Waals surface area contributed by atoms with Crippen LogP contribution in [0, 0.1) is 25.2 Å². The lowest BCUT2D eigenvalue weighted by atomic mass is 10.1. The Morgan fingerprint density at radius 2 is 2.10 bits per heavy atom. The van der Waals surface area contributed by atoms with Crippen LogP contribution in [0.3, 0.4) is 0 Å². The molecule has 2 rings (SSSR count). The number of aromatic nitrogens is 1. The fourth-order valence-electron chi connectivity index (χ4n) is 2.01. The quantitative estimate of drug-likeness (QED) is 0.692. The normalized spacial score (nSPS) is 10.6. The number of carbonyl (C=O) groups excluding carboxylic acids is 1. The van der Waals surface area contributed by atoms with Crippen molar-refractivity contribution in [3.05, 3.63) is 58.4 Å². The molecule has 1 aromatic heterocycles. The van der Waals surface area contributed by atoms with E-state index in [0.29, 0.717) is 11.3 Å². The summed E-state index contributed by atoms with van der Waals surface area (Å²) in [7, 11) is 1.82. The van der Waals surface area contributed by atoms with Gasteiger partial charge in [-0.05, 0) is 31.5 Å². The molecule has 0 atom stereocenters. The molecule has 1 aromatic carbocycles. The van der Waals surface area contributed by atoms with Crippen molar-refractivity contribution in [2.75, 3.05) is 0 Å². The maximum atomic E-state index is 12.0. The van der Waals surface area contributed by atoms with Crippen LogP contribution in [0.5, 0.6) is 0 Å². The first kappa shape index (κ1) is 14.5. The molecule has 0 aliphatic heterocycles. The number of rotatable bonds is 3. The first-order valence-corrected chi connectivity index (χ1v) is 6.50. The Hall–Kier alpha value is -2.87. The van der Waals surface area contributed by atoms with E-state index in [0.717, 1.165) is 16.8 Å². The van der Waals surface area contributed by atoms with Gasteiger partial charge in [0.1, 0.15) is 11.8 Å². The highest BCUT2D eigenvalue weighted by Gasteiger charge is 2.08. The molecule has 0 aliphatic carbocycles. The molecule has 21 heavy (non-hydrogen) atoms. The van der Waals surface area contributed by atoms with Gasteiger partial charge in [-0.15, -0.1) is 0 Å². The topological polar surface area (TPSA) is 70.2 Å². The van der Waals surface area contributed by atoms with Crippen molar-refractivity contribution in [3.63, 3.8) is 0 Å². The predicted molar refractivity (Wildman–Crippen MR) is 81.1 cm³/mol. The summed E-state index contributed by atoms with van der Waals surface area (Å²) in [6.45, 7) is 3.77. The number of carbonyl (C=O) groups is 1. The van der Waals surface area contributed by atoms with Crippen molar-refractivity contribution < 1.29 is 4.79 Å². The number of nitrogens with one attached hydrogen (secondary N) is 1. The number of nitriles is 1. The number of hydrazone groups is 1. The van der Waals surface area contributed by atoms with Gasteiger partial charge in [-0.25, -0.2) is 5.43 Å². The molecule has 1 heterocycles. The van der Waals surface area contributed by atoms with Crippen LogP contribution < -0.4 is 5.43 Å². The van der Waals surface area contributed by atoms with E-state index in [4.69, 9.17) is 5.26 Å². The maximum absolute atomic E-state index is 12.0. The SMILES string of the molecule is Cc1ccccc1C(=O)N/N=C\c1cc(C#N)n(C)c1C. The van der Waals surface area contributed by atoms with Gasteiger partial charge < -0.3 is 4.57 Å². The van der Waals surface area contributed by atoms with Crippen LogP contribution in [0.1, 0.15) is 32.9 Å². The van der Waals surface area contributed by atoms with E-state index in [1.54, 1.807) is 22.9 Å². The largest absolute Gasteiger partial charge is 0.339 e. The van der Waals surface area contributed by atoms with Crippen molar-refractivity contribution in [2.45, 2.75) is 13.8 Å². The molecule has 0 fully saturated rings. The van der Waals surface area contributed by atoms with Crippen molar-refractivity contribution in [2.24, 2.45) is 12.1 Å². The van der Waals surface area contributed by atoms with Gasteiger partial charge in [0.25, 0.3) is 5.91 Å². The molecule has 1 amide bonds. The number of benzene rings is 1. The van der Waals surface area contributed by atoms with E-state index in [1.807, 2.05) is 39.1 Å². The molecule has 0 saturated carbocycles. The number of aryl methyl sites for hydroxylation is 1. The van der Waals surface area contributed by atoms with E-state index in [-0.39, 0.29) is 5.91 Å². The molecule has 0 bridgehead atoms. The van der Waals surface area contributed by atoms with Gasteiger partial charge in [-0.1, -0.05) is 18.2 Å². The third-order valence-electron chi connectivity index (χ3n) is 3.45. The van der Waals surface area contributed by atoms with E-state index >= 15 is 0 Å². The van der Waals surface area contributed by atoms with Crippen LogP contribution in [0.2, 0.25) is 0 Å². The highest BCUT2D eigenvalue weighted by molar-refractivity contribution is 5.96. The van der Waals surface area contributed by atoms with Crippen LogP contribution in [0.15, 0.2) is 35.4 Å². The highest BCUT2D eigenvalue weighted by Crippen LogP contribution is 2.11. The second-order valence-electron chi connectivity index (χ2n) is 4.76. The van der Waals surface area contributed by atoms with E-state index < -0.39 is 0 Å². The van der Waals surface area contributed by atoms with Gasteiger partial charge in [0.15, 0.2) is 0 Å². The van der Waals surface area contributed by atoms with Crippen LogP contribution >= 0.6 is 0 Å². The summed E-state index contributed by atoms with van der Waals surface area (Å²) in [6, 6.07) is 11.2. The Labute approximate surface area is 123 Å². The summed E-state index contributed by atoms with van der Waals surface area (Å²) in [6.07, 6.45) is 1.55. The maximum Gasteiger partial charge on any atom is 0.271 e. The fourth-order valence-corrected chi connectivity index (χ4v) is 2.01.